The van der Waals surface area contributed by atoms with E-state index < -0.39 is 0 Å². The molecule has 0 aliphatic rings. The first kappa shape index (κ1) is 7.31. The van der Waals surface area contributed by atoms with Crippen molar-refractivity contribution in [3.05, 3.63) is 23.5 Å². The predicted molar refractivity (Wildman–Crippen MR) is 36.9 cm³/mol. The van der Waals surface area contributed by atoms with E-state index in [0.29, 0.717) is 10.9 Å². The molecule has 0 radical (unpaired) electrons. The molecule has 0 N–H and O–H groups in total. The molecule has 1 rings (SSSR count). The van der Waals surface area contributed by atoms with E-state index in [2.05, 4.69) is 14.8 Å². The third-order valence-corrected chi connectivity index (χ3v) is 1.10. The Morgan fingerprint density at radius 1 is 1.50 bits per heavy atom. The maximum atomic E-state index is 5.50. The van der Waals surface area contributed by atoms with Crippen LogP contribution in [0.3, 0.4) is 0 Å². The minimum atomic E-state index is 0.434. The Bertz CT molecular complexity index is 199. The van der Waals surface area contributed by atoms with E-state index in [1.807, 2.05) is 0 Å². The molecular weight excluding hydrogens is 154 g/mol. The van der Waals surface area contributed by atoms with Gasteiger partial charge >= 0.3 is 0 Å². The minimum Gasteiger partial charge on any atom is -0.336 e. The molecule has 0 spiro atoms. The molecule has 0 bridgehead atoms. The van der Waals surface area contributed by atoms with E-state index in [-0.39, 0.29) is 0 Å². The van der Waals surface area contributed by atoms with Crippen LogP contribution in [0.15, 0.2) is 18.3 Å². The normalized spacial score (nSPS) is 9.40. The van der Waals surface area contributed by atoms with Crippen molar-refractivity contribution in [3.8, 4) is 5.75 Å². The Morgan fingerprint density at radius 2 is 2.30 bits per heavy atom. The van der Waals surface area contributed by atoms with Crippen LogP contribution in [0.4, 0.5) is 0 Å². The number of nitrogens with zero attached hydrogens (tertiary/aromatic N) is 1. The molecule has 10 heavy (non-hydrogen) atoms. The van der Waals surface area contributed by atoms with Crippen molar-refractivity contribution in [2.45, 2.75) is 0 Å². The molecule has 0 saturated carbocycles. The molecule has 0 saturated heterocycles. The molecule has 0 unspecified atom stereocenters. The molecule has 0 aromatic carbocycles. The smallest absolute Gasteiger partial charge is 0.183 e. The second-order valence-electron chi connectivity index (χ2n) is 1.57. The van der Waals surface area contributed by atoms with Gasteiger partial charge in [-0.05, 0) is 12.1 Å². The summed E-state index contributed by atoms with van der Waals surface area (Å²) in [6.07, 6.45) is 1.48. The maximum absolute atomic E-state index is 5.50. The van der Waals surface area contributed by atoms with Crippen molar-refractivity contribution in [1.82, 2.24) is 4.98 Å². The molecule has 0 fully saturated rings. The highest BCUT2D eigenvalue weighted by molar-refractivity contribution is 6.29. The van der Waals surface area contributed by atoms with Gasteiger partial charge in [0.2, 0.25) is 0 Å². The highest BCUT2D eigenvalue weighted by Crippen LogP contribution is 2.11. The van der Waals surface area contributed by atoms with Gasteiger partial charge in [0.25, 0.3) is 0 Å². The van der Waals surface area contributed by atoms with E-state index in [4.69, 9.17) is 11.6 Å². The summed E-state index contributed by atoms with van der Waals surface area (Å²) in [5.41, 5.74) is 0. The Kier molecular flexibility index (Phi) is 2.48. The van der Waals surface area contributed by atoms with Gasteiger partial charge in [0.1, 0.15) is 5.15 Å². The highest BCUT2D eigenvalue weighted by atomic mass is 35.5. The van der Waals surface area contributed by atoms with Gasteiger partial charge in [0.05, 0.1) is 13.3 Å². The second-order valence-corrected chi connectivity index (χ2v) is 1.95. The van der Waals surface area contributed by atoms with Crippen LogP contribution in [0, 0.1) is 0 Å². The van der Waals surface area contributed by atoms with Crippen molar-refractivity contribution >= 4 is 11.6 Å². The Labute approximate surface area is 63.5 Å². The second kappa shape index (κ2) is 3.39. The molecule has 0 aliphatic carbocycles. The van der Waals surface area contributed by atoms with Gasteiger partial charge in [-0.25, -0.2) is 4.98 Å². The van der Waals surface area contributed by atoms with Crippen LogP contribution in [0.2, 0.25) is 5.15 Å². The number of rotatable bonds is 2. The summed E-state index contributed by atoms with van der Waals surface area (Å²) in [7, 11) is 1.43. The van der Waals surface area contributed by atoms with Crippen molar-refractivity contribution in [2.24, 2.45) is 0 Å². The average molecular weight is 160 g/mol. The van der Waals surface area contributed by atoms with Crippen LogP contribution >= 0.6 is 11.6 Å². The van der Waals surface area contributed by atoms with Gasteiger partial charge in [-0.2, -0.15) is 4.89 Å². The zero-order chi connectivity index (χ0) is 7.40. The van der Waals surface area contributed by atoms with Crippen LogP contribution in [-0.4, -0.2) is 12.1 Å². The fourth-order valence-corrected chi connectivity index (χ4v) is 0.620. The first-order chi connectivity index (χ1) is 4.83. The summed E-state index contributed by atoms with van der Waals surface area (Å²) in [5.74, 6) is 0.534. The van der Waals surface area contributed by atoms with Gasteiger partial charge in [-0.15, -0.1) is 0 Å². The van der Waals surface area contributed by atoms with E-state index in [1.165, 1.54) is 13.3 Å². The lowest BCUT2D eigenvalue weighted by Gasteiger charge is -1.97. The summed E-state index contributed by atoms with van der Waals surface area (Å²) in [4.78, 5) is 12.8. The summed E-state index contributed by atoms with van der Waals surface area (Å²) in [6.45, 7) is 0. The maximum Gasteiger partial charge on any atom is 0.183 e. The van der Waals surface area contributed by atoms with Crippen molar-refractivity contribution in [1.29, 1.82) is 0 Å². The molecule has 3 nitrogen and oxygen atoms in total. The van der Waals surface area contributed by atoms with E-state index >= 15 is 0 Å². The average Bonchev–Trinajstić information content (AvgIpc) is 1.95. The van der Waals surface area contributed by atoms with Crippen LogP contribution in [0.1, 0.15) is 0 Å². The highest BCUT2D eigenvalue weighted by Gasteiger charge is 1.92. The zero-order valence-electron chi connectivity index (χ0n) is 5.37. The van der Waals surface area contributed by atoms with Crippen molar-refractivity contribution < 1.29 is 9.78 Å². The van der Waals surface area contributed by atoms with Crippen molar-refractivity contribution in [3.63, 3.8) is 0 Å². The van der Waals surface area contributed by atoms with Gasteiger partial charge in [-0.3, -0.25) is 0 Å². The third-order valence-electron chi connectivity index (χ3n) is 0.880. The first-order valence-electron chi connectivity index (χ1n) is 2.65. The largest absolute Gasteiger partial charge is 0.336 e. The molecule has 4 heteroatoms. The lowest BCUT2D eigenvalue weighted by molar-refractivity contribution is -0.178. The summed E-state index contributed by atoms with van der Waals surface area (Å²) < 4.78 is 0. The van der Waals surface area contributed by atoms with Crippen LogP contribution in [0.25, 0.3) is 0 Å². The molecule has 0 aliphatic heterocycles. The van der Waals surface area contributed by atoms with E-state index in [0.717, 1.165) is 0 Å². The standard InChI is InChI=1S/C6H6ClNO2/c1-9-10-5-2-3-6(7)8-4-5/h2-4H,1H3. The molecule has 54 valence electrons. The number of pyridine rings is 1. The fraction of sp³-hybridized carbons (Fsp3) is 0.167. The number of hydrogen-bond donors (Lipinski definition) is 0. The minimum absolute atomic E-state index is 0.434. The van der Waals surface area contributed by atoms with Gasteiger partial charge in [0.15, 0.2) is 5.75 Å². The zero-order valence-corrected chi connectivity index (χ0v) is 6.13. The van der Waals surface area contributed by atoms with Crippen LogP contribution in [0.5, 0.6) is 5.75 Å². The predicted octanol–water partition coefficient (Wildman–Crippen LogP) is 1.68. The van der Waals surface area contributed by atoms with E-state index in [1.54, 1.807) is 12.1 Å². The van der Waals surface area contributed by atoms with Gasteiger partial charge in [-0.1, -0.05) is 11.6 Å². The quantitative estimate of drug-likeness (QED) is 0.374. The molecule has 1 aromatic rings. The molecule has 1 aromatic heterocycles. The lowest BCUT2D eigenvalue weighted by Crippen LogP contribution is -1.90. The third kappa shape index (κ3) is 1.86. The number of aromatic nitrogens is 1. The number of hydrogen-bond acceptors (Lipinski definition) is 3. The Hall–Kier alpha value is -0.800. The first-order valence-corrected chi connectivity index (χ1v) is 3.03. The Balaban J connectivity index is 2.69. The number of halogens is 1. The SMILES string of the molecule is COOc1ccc(Cl)nc1. The molecular formula is C6H6ClNO2. The molecule has 0 amide bonds. The van der Waals surface area contributed by atoms with Crippen LogP contribution < -0.4 is 4.89 Å². The monoisotopic (exact) mass is 159 g/mol. The fourth-order valence-electron chi connectivity index (χ4n) is 0.508. The lowest BCUT2D eigenvalue weighted by atomic mass is 10.5. The summed E-state index contributed by atoms with van der Waals surface area (Å²) in [5, 5.41) is 0.434. The van der Waals surface area contributed by atoms with Gasteiger partial charge < -0.3 is 4.89 Å². The van der Waals surface area contributed by atoms with E-state index in [9.17, 15) is 0 Å². The van der Waals surface area contributed by atoms with Crippen molar-refractivity contribution in [2.75, 3.05) is 7.11 Å². The summed E-state index contributed by atoms with van der Waals surface area (Å²) in [6, 6.07) is 3.29. The molecule has 0 atom stereocenters. The summed E-state index contributed by atoms with van der Waals surface area (Å²) >= 11 is 5.50. The van der Waals surface area contributed by atoms with Gasteiger partial charge in [0, 0.05) is 0 Å². The topological polar surface area (TPSA) is 31.4 Å². The molecule has 1 heterocycles. The van der Waals surface area contributed by atoms with Crippen LogP contribution in [-0.2, 0) is 4.89 Å². The Morgan fingerprint density at radius 3 is 2.80 bits per heavy atom.